The van der Waals surface area contributed by atoms with Gasteiger partial charge in [-0.25, -0.2) is 0 Å². The zero-order valence-corrected chi connectivity index (χ0v) is 19.3. The second-order valence-electron chi connectivity index (χ2n) is 8.65. The van der Waals surface area contributed by atoms with E-state index in [0.29, 0.717) is 6.04 Å². The van der Waals surface area contributed by atoms with Crippen LogP contribution in [0.15, 0.2) is 30.5 Å². The number of thiocarbonyl (C=S) groups is 1. The summed E-state index contributed by atoms with van der Waals surface area (Å²) < 4.78 is 7.90. The number of hydrogen-bond donors (Lipinski definition) is 1. The smallest absolute Gasteiger partial charge is 0.170 e. The molecule has 4 rings (SSSR count). The van der Waals surface area contributed by atoms with Crippen molar-refractivity contribution in [2.24, 2.45) is 0 Å². The van der Waals surface area contributed by atoms with Gasteiger partial charge in [-0.2, -0.15) is 0 Å². The number of rotatable bonds is 7. The van der Waals surface area contributed by atoms with E-state index in [1.54, 1.807) is 7.11 Å². The van der Waals surface area contributed by atoms with Gasteiger partial charge >= 0.3 is 0 Å². The van der Waals surface area contributed by atoms with Crippen molar-refractivity contribution in [1.82, 2.24) is 19.8 Å². The van der Waals surface area contributed by atoms with Gasteiger partial charge in [0.05, 0.1) is 17.8 Å². The van der Waals surface area contributed by atoms with Crippen LogP contribution in [0.2, 0.25) is 0 Å². The molecule has 2 atom stereocenters. The van der Waals surface area contributed by atoms with Crippen LogP contribution in [0.5, 0.6) is 0 Å². The Morgan fingerprint density at radius 1 is 1.20 bits per heavy atom. The van der Waals surface area contributed by atoms with E-state index in [9.17, 15) is 0 Å². The molecule has 0 aromatic carbocycles. The molecule has 162 valence electrons. The predicted molar refractivity (Wildman–Crippen MR) is 125 cm³/mol. The van der Waals surface area contributed by atoms with Gasteiger partial charge in [-0.1, -0.05) is 25.3 Å². The van der Waals surface area contributed by atoms with Crippen LogP contribution in [0.4, 0.5) is 0 Å². The quantitative estimate of drug-likeness (QED) is 0.498. The Morgan fingerprint density at radius 3 is 2.70 bits per heavy atom. The van der Waals surface area contributed by atoms with Gasteiger partial charge in [-0.3, -0.25) is 4.98 Å². The fraction of sp³-hybridized carbons (Fsp3) is 0.583. The SMILES string of the molecule is COCCCN1C(=S)N[C@H](c2ccccn2)[C@H]1c1cc(C)n(C2CCCCC2)c1C. The normalized spacial score (nSPS) is 22.5. The Hall–Kier alpha value is -1.92. The summed E-state index contributed by atoms with van der Waals surface area (Å²) in [6, 6.07) is 9.36. The van der Waals surface area contributed by atoms with E-state index in [1.165, 1.54) is 49.1 Å². The van der Waals surface area contributed by atoms with Gasteiger partial charge in [0.2, 0.25) is 0 Å². The molecule has 1 saturated carbocycles. The summed E-state index contributed by atoms with van der Waals surface area (Å²) >= 11 is 5.79. The molecule has 5 nitrogen and oxygen atoms in total. The molecule has 1 saturated heterocycles. The Labute approximate surface area is 185 Å². The fourth-order valence-electron chi connectivity index (χ4n) is 5.37. The topological polar surface area (TPSA) is 42.3 Å². The molecule has 2 aromatic rings. The number of pyridine rings is 1. The molecular weight excluding hydrogens is 392 g/mol. The predicted octanol–water partition coefficient (Wildman–Crippen LogP) is 5.01. The Kier molecular flexibility index (Phi) is 6.74. The van der Waals surface area contributed by atoms with E-state index >= 15 is 0 Å². The molecule has 1 aliphatic carbocycles. The Bertz CT molecular complexity index is 860. The van der Waals surface area contributed by atoms with E-state index in [0.717, 1.165) is 30.4 Å². The zero-order valence-electron chi connectivity index (χ0n) is 18.4. The molecule has 3 heterocycles. The summed E-state index contributed by atoms with van der Waals surface area (Å²) in [4.78, 5) is 7.02. The van der Waals surface area contributed by atoms with Crippen molar-refractivity contribution in [3.05, 3.63) is 53.1 Å². The molecule has 0 amide bonds. The molecule has 2 aliphatic rings. The van der Waals surface area contributed by atoms with Crippen LogP contribution in [0.25, 0.3) is 0 Å². The van der Waals surface area contributed by atoms with Crippen molar-refractivity contribution in [3.8, 4) is 0 Å². The summed E-state index contributed by atoms with van der Waals surface area (Å²) in [6.07, 6.45) is 9.45. The first kappa shape index (κ1) is 21.3. The fourth-order valence-corrected chi connectivity index (χ4v) is 5.70. The molecule has 6 heteroatoms. The second-order valence-corrected chi connectivity index (χ2v) is 9.04. The first-order valence-electron chi connectivity index (χ1n) is 11.3. The van der Waals surface area contributed by atoms with E-state index in [1.807, 2.05) is 12.3 Å². The molecule has 0 spiro atoms. The van der Waals surface area contributed by atoms with E-state index in [2.05, 4.69) is 51.8 Å². The lowest BCUT2D eigenvalue weighted by Gasteiger charge is -2.29. The van der Waals surface area contributed by atoms with Crippen LogP contribution in [0.3, 0.4) is 0 Å². The van der Waals surface area contributed by atoms with Crippen molar-refractivity contribution in [1.29, 1.82) is 0 Å². The van der Waals surface area contributed by atoms with Crippen molar-refractivity contribution in [3.63, 3.8) is 0 Å². The first-order valence-corrected chi connectivity index (χ1v) is 11.7. The highest BCUT2D eigenvalue weighted by Gasteiger charge is 2.41. The number of hydrogen-bond acceptors (Lipinski definition) is 3. The number of aromatic nitrogens is 2. The number of methoxy groups -OCH3 is 1. The average molecular weight is 427 g/mol. The second kappa shape index (κ2) is 9.48. The van der Waals surface area contributed by atoms with Crippen LogP contribution in [-0.4, -0.2) is 39.8 Å². The lowest BCUT2D eigenvalue weighted by atomic mass is 9.94. The maximum Gasteiger partial charge on any atom is 0.170 e. The number of ether oxygens (including phenoxy) is 1. The van der Waals surface area contributed by atoms with E-state index in [4.69, 9.17) is 17.0 Å². The molecule has 2 fully saturated rings. The monoisotopic (exact) mass is 426 g/mol. The van der Waals surface area contributed by atoms with Gasteiger partial charge in [-0.05, 0) is 69.1 Å². The van der Waals surface area contributed by atoms with Crippen LogP contribution >= 0.6 is 12.2 Å². The van der Waals surface area contributed by atoms with Crippen LogP contribution in [0, 0.1) is 13.8 Å². The minimum atomic E-state index is 0.0570. The molecule has 0 radical (unpaired) electrons. The van der Waals surface area contributed by atoms with Crippen molar-refractivity contribution in [2.75, 3.05) is 20.3 Å². The highest BCUT2D eigenvalue weighted by atomic mass is 32.1. The zero-order chi connectivity index (χ0) is 21.1. The van der Waals surface area contributed by atoms with Gasteiger partial charge in [0.15, 0.2) is 5.11 Å². The molecule has 0 bridgehead atoms. The first-order chi connectivity index (χ1) is 14.6. The summed E-state index contributed by atoms with van der Waals surface area (Å²) in [5.41, 5.74) is 5.16. The molecule has 1 aliphatic heterocycles. The highest BCUT2D eigenvalue weighted by molar-refractivity contribution is 7.80. The van der Waals surface area contributed by atoms with E-state index < -0.39 is 0 Å². The van der Waals surface area contributed by atoms with Gasteiger partial charge in [-0.15, -0.1) is 0 Å². The Balaban J connectivity index is 1.72. The maximum absolute atomic E-state index is 5.79. The third-order valence-electron chi connectivity index (χ3n) is 6.73. The van der Waals surface area contributed by atoms with Crippen molar-refractivity contribution < 1.29 is 4.74 Å². The summed E-state index contributed by atoms with van der Waals surface area (Å²) in [5, 5.41) is 4.39. The average Bonchev–Trinajstić information content (AvgIpc) is 3.25. The molecular formula is C24H34N4OS. The number of nitrogens with one attached hydrogen (secondary N) is 1. The molecule has 0 unspecified atom stereocenters. The molecule has 2 aromatic heterocycles. The third kappa shape index (κ3) is 4.12. The van der Waals surface area contributed by atoms with Gasteiger partial charge < -0.3 is 19.5 Å². The summed E-state index contributed by atoms with van der Waals surface area (Å²) in [6.45, 7) is 6.17. The van der Waals surface area contributed by atoms with Crippen molar-refractivity contribution in [2.45, 2.75) is 70.5 Å². The standard InChI is InChI=1S/C24H34N4OS/c1-17-16-20(18(2)28(17)19-10-5-4-6-11-19)23-22(21-12-7-8-13-25-21)26-24(30)27(23)14-9-15-29-3/h7-8,12-13,16,19,22-23H,4-6,9-11,14-15H2,1-3H3,(H,26,30)/t22-,23-/m1/s1. The lowest BCUT2D eigenvalue weighted by molar-refractivity contribution is 0.180. The minimum Gasteiger partial charge on any atom is -0.385 e. The van der Waals surface area contributed by atoms with Crippen LogP contribution in [-0.2, 0) is 4.74 Å². The van der Waals surface area contributed by atoms with Gasteiger partial charge in [0.1, 0.15) is 0 Å². The lowest BCUT2D eigenvalue weighted by Crippen LogP contribution is -2.31. The molecule has 30 heavy (non-hydrogen) atoms. The Morgan fingerprint density at radius 2 is 2.00 bits per heavy atom. The summed E-state index contributed by atoms with van der Waals surface area (Å²) in [7, 11) is 1.76. The summed E-state index contributed by atoms with van der Waals surface area (Å²) in [5.74, 6) is 0. The van der Waals surface area contributed by atoms with Crippen LogP contribution in [0.1, 0.15) is 79.3 Å². The van der Waals surface area contributed by atoms with Crippen molar-refractivity contribution >= 4 is 17.3 Å². The minimum absolute atomic E-state index is 0.0570. The van der Waals surface area contributed by atoms with E-state index in [-0.39, 0.29) is 12.1 Å². The van der Waals surface area contributed by atoms with Gasteiger partial charge in [0, 0.05) is 43.9 Å². The largest absolute Gasteiger partial charge is 0.385 e. The molecule has 1 N–H and O–H groups in total. The van der Waals surface area contributed by atoms with Gasteiger partial charge in [0.25, 0.3) is 0 Å². The third-order valence-corrected chi connectivity index (χ3v) is 7.08. The number of nitrogens with zero attached hydrogens (tertiary/aromatic N) is 3. The van der Waals surface area contributed by atoms with Crippen LogP contribution < -0.4 is 5.32 Å². The highest BCUT2D eigenvalue weighted by Crippen LogP contribution is 2.42. The maximum atomic E-state index is 5.79. The number of aryl methyl sites for hydroxylation is 1.